The molecule has 0 atom stereocenters. The van der Waals surface area contributed by atoms with Crippen molar-refractivity contribution in [2.75, 3.05) is 0 Å². The van der Waals surface area contributed by atoms with E-state index < -0.39 is 0 Å². The van der Waals surface area contributed by atoms with E-state index in [4.69, 9.17) is 0 Å². The molecule has 0 aliphatic carbocycles. The van der Waals surface area contributed by atoms with Gasteiger partial charge in [-0.25, -0.2) is 0 Å². The van der Waals surface area contributed by atoms with E-state index in [-0.39, 0.29) is 32.7 Å². The number of hydrogen-bond donors (Lipinski definition) is 0. The molecule has 67 valence electrons. The van der Waals surface area contributed by atoms with E-state index in [1.807, 2.05) is 20.3 Å². The van der Waals surface area contributed by atoms with Crippen LogP contribution in [0, 0.1) is 17.8 Å². The summed E-state index contributed by atoms with van der Waals surface area (Å²) in [6.45, 7) is 15.0. The molecule has 1 heteroatoms. The molecule has 11 heavy (non-hydrogen) atoms. The van der Waals surface area contributed by atoms with Crippen LogP contribution in [0.25, 0.3) is 0 Å². The van der Waals surface area contributed by atoms with Crippen LogP contribution in [-0.4, -0.2) is 0 Å². The average Bonchev–Trinajstić information content (AvgIpc) is 1.64. The van der Waals surface area contributed by atoms with Crippen molar-refractivity contribution in [2.45, 2.75) is 48.5 Å². The van der Waals surface area contributed by atoms with Crippen LogP contribution < -0.4 is 0 Å². The maximum atomic E-state index is 2.22. The van der Waals surface area contributed by atoms with Gasteiger partial charge in [-0.05, 0) is 0 Å². The number of hydrogen-bond acceptors (Lipinski definition) is 0. The third kappa shape index (κ3) is 18.2. The second-order valence-corrected chi connectivity index (χ2v) is 3.83. The van der Waals surface area contributed by atoms with Gasteiger partial charge in [-0.2, -0.15) is 33.1 Å². The zero-order valence-corrected chi connectivity index (χ0v) is 12.0. The fourth-order valence-electron chi connectivity index (χ4n) is 0. The van der Waals surface area contributed by atoms with Crippen LogP contribution in [0.3, 0.4) is 0 Å². The second-order valence-electron chi connectivity index (χ2n) is 3.83. The third-order valence-corrected chi connectivity index (χ3v) is 1.50. The minimum Gasteiger partial charge on any atom is -0.335 e. The normalized spacial score (nSPS) is 9.82. The van der Waals surface area contributed by atoms with Gasteiger partial charge in [-0.3, -0.25) is 0 Å². The molecular formula is C10H22Y-2. The van der Waals surface area contributed by atoms with Crippen molar-refractivity contribution in [2.24, 2.45) is 5.41 Å². The van der Waals surface area contributed by atoms with Crippen molar-refractivity contribution in [3.05, 3.63) is 12.3 Å². The van der Waals surface area contributed by atoms with Crippen LogP contribution in [-0.2, 0) is 32.7 Å². The summed E-state index contributed by atoms with van der Waals surface area (Å²) in [6.07, 6.45) is 2.00. The van der Waals surface area contributed by atoms with Gasteiger partial charge in [0, 0.05) is 32.7 Å². The molecule has 0 nitrogen and oxygen atoms in total. The first kappa shape index (κ1) is 18.0. The van der Waals surface area contributed by atoms with Gasteiger partial charge in [0.05, 0.1) is 0 Å². The molecule has 0 saturated carbocycles. The molecule has 0 bridgehead atoms. The van der Waals surface area contributed by atoms with E-state index in [1.54, 1.807) is 0 Å². The Kier molecular flexibility index (Phi) is 15.0. The maximum Gasteiger partial charge on any atom is 0 e. The van der Waals surface area contributed by atoms with Crippen molar-refractivity contribution in [3.63, 3.8) is 0 Å². The summed E-state index contributed by atoms with van der Waals surface area (Å²) >= 11 is 0. The minimum atomic E-state index is 0. The van der Waals surface area contributed by atoms with Gasteiger partial charge in [-0.15, -0.1) is 0 Å². The van der Waals surface area contributed by atoms with E-state index in [1.165, 1.54) is 5.92 Å². The average molecular weight is 231 g/mol. The molecule has 0 saturated heterocycles. The maximum absolute atomic E-state index is 2.22. The summed E-state index contributed by atoms with van der Waals surface area (Å²) in [4.78, 5) is 0. The van der Waals surface area contributed by atoms with Crippen LogP contribution >= 0.6 is 0 Å². The largest absolute Gasteiger partial charge is 0.335 e. The molecule has 0 aromatic rings. The van der Waals surface area contributed by atoms with Crippen LogP contribution in [0.4, 0.5) is 0 Å². The SMILES string of the molecule is C[C-](C)C(C)(C)C.C[CH-]C.[Y]. The van der Waals surface area contributed by atoms with Gasteiger partial charge < -0.3 is 12.3 Å². The van der Waals surface area contributed by atoms with E-state index in [2.05, 4.69) is 34.6 Å². The first-order valence-electron chi connectivity index (χ1n) is 3.90. The molecule has 0 aromatic carbocycles. The van der Waals surface area contributed by atoms with Gasteiger partial charge >= 0.3 is 0 Å². The van der Waals surface area contributed by atoms with E-state index in [0.717, 1.165) is 0 Å². The monoisotopic (exact) mass is 231 g/mol. The topological polar surface area (TPSA) is 0 Å². The van der Waals surface area contributed by atoms with Crippen molar-refractivity contribution >= 4 is 0 Å². The minimum absolute atomic E-state index is 0. The summed E-state index contributed by atoms with van der Waals surface area (Å²) < 4.78 is 0. The van der Waals surface area contributed by atoms with E-state index >= 15 is 0 Å². The molecule has 0 fully saturated rings. The first-order chi connectivity index (χ1) is 4.36. The Hall–Kier alpha value is 1.10. The molecule has 0 unspecified atom stereocenters. The zero-order valence-electron chi connectivity index (χ0n) is 9.15. The molecule has 0 aliphatic rings. The molecule has 0 rings (SSSR count). The number of rotatable bonds is 0. The Morgan fingerprint density at radius 2 is 1.09 bits per heavy atom. The molecule has 0 aliphatic heterocycles. The molecule has 0 amide bonds. The van der Waals surface area contributed by atoms with Gasteiger partial charge in [-0.1, -0.05) is 20.8 Å². The van der Waals surface area contributed by atoms with Crippen LogP contribution in [0.1, 0.15) is 48.5 Å². The molecule has 0 aromatic heterocycles. The van der Waals surface area contributed by atoms with Gasteiger partial charge in [0.25, 0.3) is 0 Å². The summed E-state index contributed by atoms with van der Waals surface area (Å²) in [7, 11) is 0. The predicted octanol–water partition coefficient (Wildman–Crippen LogP) is 3.87. The Bertz CT molecular complexity index is 59.8. The second kappa shape index (κ2) is 9.19. The van der Waals surface area contributed by atoms with Crippen LogP contribution in [0.15, 0.2) is 0 Å². The smallest absolute Gasteiger partial charge is 0 e. The van der Waals surface area contributed by atoms with Gasteiger partial charge in [0.1, 0.15) is 0 Å². The van der Waals surface area contributed by atoms with Crippen molar-refractivity contribution < 1.29 is 32.7 Å². The molecule has 0 spiro atoms. The Labute approximate surface area is 98.4 Å². The standard InChI is InChI=1S/C7H15.C3H7.Y/c1-6(2)7(3,4)5;1-3-2;/h1-5H3;3H,1-2H3;/q2*-1;. The van der Waals surface area contributed by atoms with Crippen molar-refractivity contribution in [3.8, 4) is 0 Å². The summed E-state index contributed by atoms with van der Waals surface area (Å²) in [6, 6.07) is 0. The predicted molar refractivity (Wildman–Crippen MR) is 49.7 cm³/mol. The van der Waals surface area contributed by atoms with Crippen LogP contribution in [0.2, 0.25) is 0 Å². The summed E-state index contributed by atoms with van der Waals surface area (Å²) in [5, 5.41) is 0. The summed E-state index contributed by atoms with van der Waals surface area (Å²) in [5.74, 6) is 1.49. The van der Waals surface area contributed by atoms with Crippen molar-refractivity contribution in [1.29, 1.82) is 0 Å². The molecule has 1 radical (unpaired) electrons. The van der Waals surface area contributed by atoms with Crippen LogP contribution in [0.5, 0.6) is 0 Å². The Balaban J connectivity index is -0.000000140. The van der Waals surface area contributed by atoms with E-state index in [9.17, 15) is 0 Å². The molecule has 0 N–H and O–H groups in total. The third-order valence-electron chi connectivity index (χ3n) is 1.50. The quantitative estimate of drug-likeness (QED) is 0.555. The van der Waals surface area contributed by atoms with Gasteiger partial charge in [0.2, 0.25) is 0 Å². The Morgan fingerprint density at radius 3 is 1.09 bits per heavy atom. The molecule has 0 heterocycles. The summed E-state index contributed by atoms with van der Waals surface area (Å²) in [5.41, 5.74) is 0.417. The fraction of sp³-hybridized carbons (Fsp3) is 0.800. The fourth-order valence-corrected chi connectivity index (χ4v) is 0. The van der Waals surface area contributed by atoms with Gasteiger partial charge in [0.15, 0.2) is 0 Å². The van der Waals surface area contributed by atoms with Crippen molar-refractivity contribution in [1.82, 2.24) is 0 Å². The first-order valence-corrected chi connectivity index (χ1v) is 3.90. The van der Waals surface area contributed by atoms with E-state index in [0.29, 0.717) is 5.41 Å². The zero-order chi connectivity index (χ0) is 8.78. The Morgan fingerprint density at radius 1 is 1.00 bits per heavy atom. The molecular weight excluding hydrogens is 209 g/mol.